The smallest absolute Gasteiger partial charge is 0.225 e. The Morgan fingerprint density at radius 2 is 1.95 bits per heavy atom. The highest BCUT2D eigenvalue weighted by atomic mass is 16.5. The van der Waals surface area contributed by atoms with E-state index in [2.05, 4.69) is 15.3 Å². The van der Waals surface area contributed by atoms with E-state index in [9.17, 15) is 0 Å². The van der Waals surface area contributed by atoms with Crippen LogP contribution in [0.15, 0.2) is 30.3 Å². The van der Waals surface area contributed by atoms with Gasteiger partial charge in [0.2, 0.25) is 11.8 Å². The number of nitrogens with one attached hydrogen (secondary N) is 1. The Morgan fingerprint density at radius 3 is 2.63 bits per heavy atom. The molecule has 0 saturated heterocycles. The molecule has 0 saturated carbocycles. The van der Waals surface area contributed by atoms with Crippen LogP contribution in [0.4, 0.5) is 23.1 Å². The van der Waals surface area contributed by atoms with Crippen LogP contribution in [-0.2, 0) is 0 Å². The van der Waals surface area contributed by atoms with Crippen molar-refractivity contribution in [2.45, 2.75) is 0 Å². The van der Waals surface area contributed by atoms with E-state index in [1.165, 1.54) is 0 Å². The minimum atomic E-state index is 0.171. The fourth-order valence-corrected chi connectivity index (χ4v) is 1.72. The van der Waals surface area contributed by atoms with Crippen molar-refractivity contribution >= 4 is 23.1 Å². The summed E-state index contributed by atoms with van der Waals surface area (Å²) >= 11 is 0. The number of benzene rings is 1. The maximum Gasteiger partial charge on any atom is 0.225 e. The van der Waals surface area contributed by atoms with Gasteiger partial charge in [-0.2, -0.15) is 9.97 Å². The number of hydrogen-bond acceptors (Lipinski definition) is 6. The molecule has 0 aliphatic rings. The lowest BCUT2D eigenvalue weighted by Crippen LogP contribution is -2.11. The molecule has 6 nitrogen and oxygen atoms in total. The average molecular weight is 259 g/mol. The van der Waals surface area contributed by atoms with Gasteiger partial charge in [-0.15, -0.1) is 0 Å². The van der Waals surface area contributed by atoms with Crippen LogP contribution in [0.1, 0.15) is 0 Å². The van der Waals surface area contributed by atoms with Crippen molar-refractivity contribution in [3.8, 4) is 5.88 Å². The predicted molar refractivity (Wildman–Crippen MR) is 77.0 cm³/mol. The number of aromatic nitrogens is 2. The molecule has 0 bridgehead atoms. The zero-order valence-corrected chi connectivity index (χ0v) is 11.2. The summed E-state index contributed by atoms with van der Waals surface area (Å²) in [6.45, 7) is 0. The lowest BCUT2D eigenvalue weighted by molar-refractivity contribution is 0.398. The Labute approximate surface area is 112 Å². The van der Waals surface area contributed by atoms with E-state index in [1.54, 1.807) is 13.2 Å². The quantitative estimate of drug-likeness (QED) is 0.873. The number of ether oxygens (including phenoxy) is 1. The SMILES string of the molecule is COc1cc(Nc2ccccc2N(C)C)nc(N)n1. The number of hydrogen-bond donors (Lipinski definition) is 2. The van der Waals surface area contributed by atoms with Crippen molar-refractivity contribution in [3.05, 3.63) is 30.3 Å². The summed E-state index contributed by atoms with van der Waals surface area (Å²) in [5, 5.41) is 3.22. The van der Waals surface area contributed by atoms with Crippen LogP contribution < -0.4 is 20.7 Å². The zero-order valence-electron chi connectivity index (χ0n) is 11.2. The number of para-hydroxylation sites is 2. The Hall–Kier alpha value is -2.50. The normalized spacial score (nSPS) is 10.1. The first-order chi connectivity index (χ1) is 9.10. The molecule has 0 spiro atoms. The van der Waals surface area contributed by atoms with Crippen LogP contribution in [0.25, 0.3) is 0 Å². The van der Waals surface area contributed by atoms with Crippen LogP contribution in [0.5, 0.6) is 5.88 Å². The molecule has 2 rings (SSSR count). The van der Waals surface area contributed by atoms with Crippen molar-refractivity contribution < 1.29 is 4.74 Å². The topological polar surface area (TPSA) is 76.3 Å². The molecule has 0 atom stereocenters. The van der Waals surface area contributed by atoms with Gasteiger partial charge in [0.05, 0.1) is 18.5 Å². The molecule has 0 aliphatic carbocycles. The molecule has 0 amide bonds. The van der Waals surface area contributed by atoms with Crippen LogP contribution in [0.3, 0.4) is 0 Å². The van der Waals surface area contributed by atoms with Gasteiger partial charge in [0, 0.05) is 20.2 Å². The first kappa shape index (κ1) is 12.9. The summed E-state index contributed by atoms with van der Waals surface area (Å²) in [4.78, 5) is 10.1. The Morgan fingerprint density at radius 1 is 1.21 bits per heavy atom. The lowest BCUT2D eigenvalue weighted by Gasteiger charge is -2.18. The van der Waals surface area contributed by atoms with E-state index in [-0.39, 0.29) is 5.95 Å². The highest BCUT2D eigenvalue weighted by Crippen LogP contribution is 2.27. The summed E-state index contributed by atoms with van der Waals surface area (Å²) < 4.78 is 5.07. The van der Waals surface area contributed by atoms with Gasteiger partial charge < -0.3 is 20.7 Å². The molecule has 1 heterocycles. The number of rotatable bonds is 4. The van der Waals surface area contributed by atoms with E-state index in [4.69, 9.17) is 10.5 Å². The Balaban J connectivity index is 2.33. The second-order valence-electron chi connectivity index (χ2n) is 4.19. The Bertz CT molecular complexity index is 571. The van der Waals surface area contributed by atoms with Crippen LogP contribution in [0, 0.1) is 0 Å². The molecule has 0 unspecified atom stereocenters. The monoisotopic (exact) mass is 259 g/mol. The zero-order chi connectivity index (χ0) is 13.8. The summed E-state index contributed by atoms with van der Waals surface area (Å²) in [6.07, 6.45) is 0. The van der Waals surface area contributed by atoms with E-state index < -0.39 is 0 Å². The number of nitrogens with zero attached hydrogens (tertiary/aromatic N) is 3. The summed E-state index contributed by atoms with van der Waals surface area (Å²) in [7, 11) is 5.50. The highest BCUT2D eigenvalue weighted by Gasteiger charge is 2.07. The van der Waals surface area contributed by atoms with Gasteiger partial charge in [-0.05, 0) is 12.1 Å². The molecule has 0 radical (unpaired) electrons. The summed E-state index contributed by atoms with van der Waals surface area (Å²) in [5.74, 6) is 1.19. The molecule has 0 aliphatic heterocycles. The lowest BCUT2D eigenvalue weighted by atomic mass is 10.2. The highest BCUT2D eigenvalue weighted by molar-refractivity contribution is 5.74. The number of anilines is 4. The maximum atomic E-state index is 5.63. The Kier molecular flexibility index (Phi) is 3.70. The van der Waals surface area contributed by atoms with Crippen LogP contribution in [0.2, 0.25) is 0 Å². The van der Waals surface area contributed by atoms with Gasteiger partial charge in [-0.25, -0.2) is 0 Å². The fraction of sp³-hybridized carbons (Fsp3) is 0.231. The second-order valence-corrected chi connectivity index (χ2v) is 4.19. The minimum absolute atomic E-state index is 0.171. The van der Waals surface area contributed by atoms with E-state index in [0.29, 0.717) is 11.7 Å². The van der Waals surface area contributed by atoms with Crippen LogP contribution in [-0.4, -0.2) is 31.2 Å². The van der Waals surface area contributed by atoms with Gasteiger partial charge in [0.25, 0.3) is 0 Å². The summed E-state index contributed by atoms with van der Waals surface area (Å²) in [5.41, 5.74) is 7.63. The van der Waals surface area contributed by atoms with E-state index in [1.807, 2.05) is 43.3 Å². The largest absolute Gasteiger partial charge is 0.481 e. The third-order valence-corrected chi connectivity index (χ3v) is 2.58. The van der Waals surface area contributed by atoms with Crippen LogP contribution >= 0.6 is 0 Å². The molecular weight excluding hydrogens is 242 g/mol. The third-order valence-electron chi connectivity index (χ3n) is 2.58. The molecule has 1 aromatic carbocycles. The molecule has 0 fully saturated rings. The van der Waals surface area contributed by atoms with Gasteiger partial charge in [-0.1, -0.05) is 12.1 Å². The van der Waals surface area contributed by atoms with Crippen molar-refractivity contribution in [1.29, 1.82) is 0 Å². The average Bonchev–Trinajstić information content (AvgIpc) is 2.38. The molecule has 1 aromatic heterocycles. The van der Waals surface area contributed by atoms with E-state index >= 15 is 0 Å². The van der Waals surface area contributed by atoms with Crippen molar-refractivity contribution in [2.24, 2.45) is 0 Å². The van der Waals surface area contributed by atoms with Crippen molar-refractivity contribution in [2.75, 3.05) is 37.2 Å². The van der Waals surface area contributed by atoms with Gasteiger partial charge in [-0.3, -0.25) is 0 Å². The maximum absolute atomic E-state index is 5.63. The first-order valence-electron chi connectivity index (χ1n) is 5.82. The molecule has 3 N–H and O–H groups in total. The molecule has 100 valence electrons. The summed E-state index contributed by atoms with van der Waals surface area (Å²) in [6, 6.07) is 9.62. The van der Waals surface area contributed by atoms with Crippen molar-refractivity contribution in [1.82, 2.24) is 9.97 Å². The third kappa shape index (κ3) is 3.04. The molecule has 2 aromatic rings. The minimum Gasteiger partial charge on any atom is -0.481 e. The second kappa shape index (κ2) is 5.43. The van der Waals surface area contributed by atoms with E-state index in [0.717, 1.165) is 11.4 Å². The van der Waals surface area contributed by atoms with Gasteiger partial charge in [0.15, 0.2) is 0 Å². The van der Waals surface area contributed by atoms with Gasteiger partial charge in [0.1, 0.15) is 5.82 Å². The number of methoxy groups -OCH3 is 1. The number of nitrogen functional groups attached to an aromatic ring is 1. The standard InChI is InChI=1S/C13H17N5O/c1-18(2)10-7-5-4-6-9(10)15-11-8-12(19-3)17-13(14)16-11/h4-8H,1-3H3,(H3,14,15,16,17). The van der Waals surface area contributed by atoms with Gasteiger partial charge >= 0.3 is 0 Å². The molecular formula is C13H17N5O. The molecule has 6 heteroatoms. The fourth-order valence-electron chi connectivity index (χ4n) is 1.72. The molecule has 19 heavy (non-hydrogen) atoms. The van der Waals surface area contributed by atoms with Crippen molar-refractivity contribution in [3.63, 3.8) is 0 Å². The first-order valence-corrected chi connectivity index (χ1v) is 5.82. The number of nitrogens with two attached hydrogens (primary N) is 1. The predicted octanol–water partition coefficient (Wildman–Crippen LogP) is 1.88.